The minimum atomic E-state index is -3.96. The van der Waals surface area contributed by atoms with Crippen molar-refractivity contribution in [2.75, 3.05) is 18.5 Å². The quantitative estimate of drug-likeness (QED) is 0.310. The predicted molar refractivity (Wildman–Crippen MR) is 146 cm³/mol. The topological polar surface area (TPSA) is 158 Å². The zero-order valence-electron chi connectivity index (χ0n) is 20.8. The van der Waals surface area contributed by atoms with E-state index in [2.05, 4.69) is 4.99 Å². The van der Waals surface area contributed by atoms with Gasteiger partial charge in [-0.3, -0.25) is 13.9 Å². The first-order chi connectivity index (χ1) is 18.4. The second-order valence-electron chi connectivity index (χ2n) is 8.29. The van der Waals surface area contributed by atoms with E-state index in [0.717, 1.165) is 15.6 Å². The summed E-state index contributed by atoms with van der Waals surface area (Å²) in [7, 11) is -5.13. The second-order valence-corrected chi connectivity index (χ2v) is 12.8. The number of sulfonamides is 2. The smallest absolute Gasteiger partial charge is 0.307 e. The number of methoxy groups -OCH3 is 1. The number of anilines is 1. The van der Waals surface area contributed by atoms with Crippen molar-refractivity contribution in [1.82, 2.24) is 4.57 Å². The summed E-state index contributed by atoms with van der Waals surface area (Å²) < 4.78 is 57.6. The maximum Gasteiger partial charge on any atom is 0.307 e. The van der Waals surface area contributed by atoms with E-state index >= 15 is 0 Å². The average molecular weight is 589 g/mol. The van der Waals surface area contributed by atoms with Crippen LogP contribution in [0, 0.1) is 0 Å². The van der Waals surface area contributed by atoms with Crippen molar-refractivity contribution in [3.63, 3.8) is 0 Å². The molecule has 39 heavy (non-hydrogen) atoms. The minimum Gasteiger partial charge on any atom is -0.469 e. The molecule has 0 aliphatic heterocycles. The van der Waals surface area contributed by atoms with E-state index in [4.69, 9.17) is 9.88 Å². The third-order valence-electron chi connectivity index (χ3n) is 5.83. The van der Waals surface area contributed by atoms with Gasteiger partial charge in [-0.1, -0.05) is 29.5 Å². The highest BCUT2D eigenvalue weighted by atomic mass is 32.2. The van der Waals surface area contributed by atoms with Crippen molar-refractivity contribution >= 4 is 59.2 Å². The number of nitrogens with zero attached hydrogens (tertiary/aromatic N) is 3. The summed E-state index contributed by atoms with van der Waals surface area (Å²) in [5.74, 6) is -1.13. The molecule has 4 aromatic rings. The highest BCUT2D eigenvalue weighted by Gasteiger charge is 2.22. The van der Waals surface area contributed by atoms with Crippen LogP contribution in [0.2, 0.25) is 0 Å². The molecule has 4 rings (SSSR count). The summed E-state index contributed by atoms with van der Waals surface area (Å²) in [5, 5.41) is 5.25. The molecule has 1 heterocycles. The number of primary sulfonamides is 1. The largest absolute Gasteiger partial charge is 0.469 e. The van der Waals surface area contributed by atoms with Gasteiger partial charge in [0, 0.05) is 19.2 Å². The maximum absolute atomic E-state index is 13.0. The van der Waals surface area contributed by atoms with Gasteiger partial charge < -0.3 is 9.30 Å². The highest BCUT2D eigenvalue weighted by molar-refractivity contribution is 7.92. The Balaban J connectivity index is 1.70. The molecule has 2 N–H and O–H groups in total. The van der Waals surface area contributed by atoms with Crippen LogP contribution in [0.25, 0.3) is 10.2 Å². The van der Waals surface area contributed by atoms with E-state index in [0.29, 0.717) is 15.9 Å². The lowest BCUT2D eigenvalue weighted by Gasteiger charge is -2.19. The number of carbonyl (C=O) groups is 2. The van der Waals surface area contributed by atoms with Crippen LogP contribution in [-0.2, 0) is 36.1 Å². The van der Waals surface area contributed by atoms with Crippen molar-refractivity contribution in [1.29, 1.82) is 0 Å². The molecule has 0 saturated heterocycles. The Morgan fingerprint density at radius 1 is 0.974 bits per heavy atom. The summed E-state index contributed by atoms with van der Waals surface area (Å²) in [6.45, 7) is 0.122. The molecule has 11 nitrogen and oxygen atoms in total. The Hall–Kier alpha value is -3.85. The van der Waals surface area contributed by atoms with Crippen molar-refractivity contribution in [3.05, 3.63) is 83.2 Å². The van der Waals surface area contributed by atoms with Crippen molar-refractivity contribution < 1.29 is 31.2 Å². The molecule has 0 atom stereocenters. The summed E-state index contributed by atoms with van der Waals surface area (Å²) in [6, 6.07) is 18.2. The number of hydrogen-bond acceptors (Lipinski definition) is 8. The fraction of sp³-hybridized carbons (Fsp3) is 0.160. The highest BCUT2D eigenvalue weighted by Crippen LogP contribution is 2.23. The standard InChI is InChI=1S/C25H24N4O7S3/c1-28(18-6-4-3-5-7-18)39(34,35)19-10-8-17(9-11-19)24(31)27-25-29(15-14-23(30)36-2)21-13-12-20(38(26,32)33)16-22(21)37-25/h3-13,16H,14-15H2,1-2H3,(H2,26,32,33). The van der Waals surface area contributed by atoms with Crippen LogP contribution in [0.5, 0.6) is 0 Å². The van der Waals surface area contributed by atoms with Gasteiger partial charge in [0.2, 0.25) is 10.0 Å². The molecule has 1 amide bonds. The number of thiazole rings is 1. The lowest BCUT2D eigenvalue weighted by molar-refractivity contribution is -0.140. The lowest BCUT2D eigenvalue weighted by Crippen LogP contribution is -2.26. The van der Waals surface area contributed by atoms with Gasteiger partial charge in [0.1, 0.15) is 0 Å². The van der Waals surface area contributed by atoms with E-state index in [9.17, 15) is 26.4 Å². The van der Waals surface area contributed by atoms with E-state index in [1.165, 1.54) is 56.6 Å². The molecule has 0 aliphatic carbocycles. The zero-order valence-corrected chi connectivity index (χ0v) is 23.3. The number of fused-ring (bicyclic) bond motifs is 1. The van der Waals surface area contributed by atoms with Gasteiger partial charge >= 0.3 is 5.97 Å². The van der Waals surface area contributed by atoms with Crippen LogP contribution < -0.4 is 14.2 Å². The monoisotopic (exact) mass is 588 g/mol. The number of para-hydroxylation sites is 1. The number of esters is 1. The number of rotatable bonds is 8. The minimum absolute atomic E-state index is 0.00377. The molecular weight excluding hydrogens is 564 g/mol. The van der Waals surface area contributed by atoms with Gasteiger partial charge in [-0.2, -0.15) is 4.99 Å². The Bertz CT molecular complexity index is 1830. The predicted octanol–water partition coefficient (Wildman–Crippen LogP) is 2.48. The number of ether oxygens (including phenoxy) is 1. The van der Waals surface area contributed by atoms with E-state index in [1.807, 2.05) is 0 Å². The lowest BCUT2D eigenvalue weighted by atomic mass is 10.2. The third kappa shape index (κ3) is 6.09. The number of hydrogen-bond donors (Lipinski definition) is 1. The van der Waals surface area contributed by atoms with Crippen LogP contribution in [0.1, 0.15) is 16.8 Å². The molecule has 1 aromatic heterocycles. The third-order valence-corrected chi connectivity index (χ3v) is 9.58. The fourth-order valence-electron chi connectivity index (χ4n) is 3.69. The first-order valence-corrected chi connectivity index (χ1v) is 15.2. The van der Waals surface area contributed by atoms with Gasteiger partial charge in [0.25, 0.3) is 15.9 Å². The zero-order chi connectivity index (χ0) is 28.4. The summed E-state index contributed by atoms with van der Waals surface area (Å²) in [6.07, 6.45) is -0.0118. The number of aromatic nitrogens is 1. The Morgan fingerprint density at radius 2 is 1.62 bits per heavy atom. The molecule has 0 fully saturated rings. The van der Waals surface area contributed by atoms with Crippen LogP contribution >= 0.6 is 11.3 Å². The SMILES string of the molecule is COC(=O)CCn1c(=NC(=O)c2ccc(S(=O)(=O)N(C)c3ccccc3)cc2)sc2cc(S(N)(=O)=O)ccc21. The first kappa shape index (κ1) is 28.2. The molecule has 3 aromatic carbocycles. The summed E-state index contributed by atoms with van der Waals surface area (Å²) >= 11 is 1.05. The molecule has 0 radical (unpaired) electrons. The van der Waals surface area contributed by atoms with Crippen molar-refractivity contribution in [2.24, 2.45) is 10.1 Å². The van der Waals surface area contributed by atoms with Crippen molar-refractivity contribution in [3.8, 4) is 0 Å². The Labute approximate surface area is 228 Å². The molecule has 0 saturated carbocycles. The van der Waals surface area contributed by atoms with Crippen LogP contribution in [-0.4, -0.2) is 47.4 Å². The van der Waals surface area contributed by atoms with Crippen LogP contribution in [0.3, 0.4) is 0 Å². The van der Waals surface area contributed by atoms with Crippen molar-refractivity contribution in [2.45, 2.75) is 22.8 Å². The molecule has 204 valence electrons. The van der Waals surface area contributed by atoms with E-state index in [1.54, 1.807) is 34.9 Å². The number of carbonyl (C=O) groups excluding carboxylic acids is 2. The molecule has 0 bridgehead atoms. The molecular formula is C25H24N4O7S3. The van der Waals surface area contributed by atoms with E-state index < -0.39 is 31.9 Å². The fourth-order valence-corrected chi connectivity index (χ4v) is 6.60. The van der Waals surface area contributed by atoms with Gasteiger partial charge in [-0.15, -0.1) is 0 Å². The molecule has 0 unspecified atom stereocenters. The van der Waals surface area contributed by atoms with Crippen LogP contribution in [0.15, 0.2) is 87.6 Å². The normalized spacial score (nSPS) is 12.4. The Kier molecular flexibility index (Phi) is 8.02. The number of amides is 1. The number of nitrogens with two attached hydrogens (primary N) is 1. The second kappa shape index (κ2) is 11.1. The summed E-state index contributed by atoms with van der Waals surface area (Å²) in [4.78, 5) is 29.1. The first-order valence-electron chi connectivity index (χ1n) is 11.4. The van der Waals surface area contributed by atoms with Gasteiger partial charge in [-0.05, 0) is 54.6 Å². The van der Waals surface area contributed by atoms with Gasteiger partial charge in [0.15, 0.2) is 4.80 Å². The number of benzene rings is 3. The molecule has 14 heteroatoms. The number of aryl methyl sites for hydroxylation is 1. The maximum atomic E-state index is 13.0. The summed E-state index contributed by atoms with van der Waals surface area (Å²) in [5.41, 5.74) is 1.17. The van der Waals surface area contributed by atoms with Gasteiger partial charge in [0.05, 0.1) is 39.2 Å². The Morgan fingerprint density at radius 3 is 2.23 bits per heavy atom. The van der Waals surface area contributed by atoms with Gasteiger partial charge in [-0.25, -0.2) is 22.0 Å². The van der Waals surface area contributed by atoms with E-state index in [-0.39, 0.29) is 33.1 Å². The van der Waals surface area contributed by atoms with Crippen LogP contribution in [0.4, 0.5) is 5.69 Å². The molecule has 0 aliphatic rings. The molecule has 0 spiro atoms. The average Bonchev–Trinajstić information content (AvgIpc) is 3.27.